The fraction of sp³-hybridized carbons (Fsp3) is 0.125. The van der Waals surface area contributed by atoms with Crippen molar-refractivity contribution in [2.24, 2.45) is 0 Å². The SMILES string of the molecule is Cc1cc(Cc2ccc(OC#N)cc2)ccc1OC#N. The van der Waals surface area contributed by atoms with E-state index < -0.39 is 0 Å². The van der Waals surface area contributed by atoms with Crippen LogP contribution in [0.2, 0.25) is 0 Å². The van der Waals surface area contributed by atoms with Crippen molar-refractivity contribution in [3.8, 4) is 24.0 Å². The van der Waals surface area contributed by atoms with Gasteiger partial charge in [-0.15, -0.1) is 10.5 Å². The second kappa shape index (κ2) is 6.26. The molecule has 0 N–H and O–H groups in total. The average Bonchev–Trinajstić information content (AvgIpc) is 2.44. The van der Waals surface area contributed by atoms with Crippen LogP contribution in [0.15, 0.2) is 42.5 Å². The van der Waals surface area contributed by atoms with Gasteiger partial charge < -0.3 is 9.47 Å². The lowest BCUT2D eigenvalue weighted by Gasteiger charge is -2.06. The van der Waals surface area contributed by atoms with Crippen molar-refractivity contribution >= 4 is 0 Å². The lowest BCUT2D eigenvalue weighted by molar-refractivity contribution is 0.503. The van der Waals surface area contributed by atoms with Crippen molar-refractivity contribution in [2.75, 3.05) is 0 Å². The Kier molecular flexibility index (Phi) is 4.21. The number of hydrogen-bond acceptors (Lipinski definition) is 4. The molecule has 0 aliphatic heterocycles. The molecule has 20 heavy (non-hydrogen) atoms. The number of ether oxygens (including phenoxy) is 2. The third kappa shape index (κ3) is 3.28. The Morgan fingerprint density at radius 3 is 2.15 bits per heavy atom. The summed E-state index contributed by atoms with van der Waals surface area (Å²) in [5.74, 6) is 1.11. The summed E-state index contributed by atoms with van der Waals surface area (Å²) in [6, 6.07) is 13.1. The molecule has 0 saturated heterocycles. The van der Waals surface area contributed by atoms with E-state index in [1.807, 2.05) is 31.2 Å². The van der Waals surface area contributed by atoms with Crippen molar-refractivity contribution < 1.29 is 9.47 Å². The number of benzene rings is 2. The number of hydrogen-bond donors (Lipinski definition) is 0. The van der Waals surface area contributed by atoms with Gasteiger partial charge in [0.15, 0.2) is 0 Å². The molecule has 0 aromatic heterocycles. The van der Waals surface area contributed by atoms with Gasteiger partial charge in [0.1, 0.15) is 11.5 Å². The zero-order valence-corrected chi connectivity index (χ0v) is 11.0. The smallest absolute Gasteiger partial charge is 0.292 e. The molecule has 4 heteroatoms. The molecule has 4 nitrogen and oxygen atoms in total. The van der Waals surface area contributed by atoms with E-state index in [2.05, 4.69) is 0 Å². The minimum Gasteiger partial charge on any atom is -0.388 e. The van der Waals surface area contributed by atoms with E-state index in [1.165, 1.54) is 0 Å². The minimum atomic E-state index is 0.533. The fourth-order valence-electron chi connectivity index (χ4n) is 1.95. The highest BCUT2D eigenvalue weighted by atomic mass is 16.5. The van der Waals surface area contributed by atoms with Gasteiger partial charge in [-0.25, -0.2) is 0 Å². The second-order valence-electron chi connectivity index (χ2n) is 4.31. The monoisotopic (exact) mass is 264 g/mol. The normalized spacial score (nSPS) is 9.35. The van der Waals surface area contributed by atoms with Gasteiger partial charge in [-0.3, -0.25) is 0 Å². The highest BCUT2D eigenvalue weighted by Crippen LogP contribution is 2.21. The first-order valence-electron chi connectivity index (χ1n) is 6.03. The molecule has 0 radical (unpaired) electrons. The van der Waals surface area contributed by atoms with Crippen molar-refractivity contribution in [3.05, 3.63) is 59.2 Å². The largest absolute Gasteiger partial charge is 0.388 e. The molecule has 0 saturated carbocycles. The maximum atomic E-state index is 8.51. The van der Waals surface area contributed by atoms with Gasteiger partial charge in [-0.2, -0.15) is 0 Å². The van der Waals surface area contributed by atoms with Gasteiger partial charge in [0.25, 0.3) is 12.5 Å². The molecule has 0 bridgehead atoms. The molecule has 98 valence electrons. The summed E-state index contributed by atoms with van der Waals surface area (Å²) < 4.78 is 9.57. The third-order valence-corrected chi connectivity index (χ3v) is 2.89. The number of rotatable bonds is 4. The lowest BCUT2D eigenvalue weighted by Crippen LogP contribution is -1.92. The standard InChI is InChI=1S/C16H12N2O2/c1-12-8-14(4-7-16(12)20-11-18)9-13-2-5-15(6-3-13)19-10-17/h2-8H,9H2,1H3. The van der Waals surface area contributed by atoms with E-state index >= 15 is 0 Å². The predicted octanol–water partition coefficient (Wildman–Crippen LogP) is 3.31. The molecule has 0 unspecified atom stereocenters. The van der Waals surface area contributed by atoms with Gasteiger partial charge >= 0.3 is 0 Å². The van der Waals surface area contributed by atoms with E-state index in [0.717, 1.165) is 23.1 Å². The maximum Gasteiger partial charge on any atom is 0.292 e. The van der Waals surface area contributed by atoms with E-state index in [1.54, 1.807) is 30.7 Å². The van der Waals surface area contributed by atoms with Crippen molar-refractivity contribution in [1.29, 1.82) is 10.5 Å². The van der Waals surface area contributed by atoms with Crippen LogP contribution in [0.1, 0.15) is 16.7 Å². The number of aryl methyl sites for hydroxylation is 1. The predicted molar refractivity (Wildman–Crippen MR) is 72.9 cm³/mol. The molecular formula is C16H12N2O2. The second-order valence-corrected chi connectivity index (χ2v) is 4.31. The Morgan fingerprint density at radius 2 is 1.55 bits per heavy atom. The topological polar surface area (TPSA) is 66.0 Å². The molecule has 0 aliphatic rings. The van der Waals surface area contributed by atoms with Crippen LogP contribution in [0.3, 0.4) is 0 Å². The maximum absolute atomic E-state index is 8.51. The molecule has 0 fully saturated rings. The van der Waals surface area contributed by atoms with Gasteiger partial charge in [-0.05, 0) is 48.2 Å². The van der Waals surface area contributed by atoms with Gasteiger partial charge in [-0.1, -0.05) is 24.3 Å². The average molecular weight is 264 g/mol. The van der Waals surface area contributed by atoms with Crippen LogP contribution in [-0.4, -0.2) is 0 Å². The van der Waals surface area contributed by atoms with Crippen LogP contribution in [0.5, 0.6) is 11.5 Å². The van der Waals surface area contributed by atoms with Gasteiger partial charge in [0.05, 0.1) is 0 Å². The summed E-state index contributed by atoms with van der Waals surface area (Å²) in [5, 5.41) is 16.9. The lowest BCUT2D eigenvalue weighted by atomic mass is 10.0. The Balaban J connectivity index is 2.12. The molecule has 0 heterocycles. The zero-order valence-electron chi connectivity index (χ0n) is 11.0. The minimum absolute atomic E-state index is 0.533. The third-order valence-electron chi connectivity index (χ3n) is 2.89. The summed E-state index contributed by atoms with van der Waals surface area (Å²) in [7, 11) is 0. The molecule has 2 aromatic carbocycles. The molecule has 0 spiro atoms. The molecule has 2 rings (SSSR count). The van der Waals surface area contributed by atoms with Gasteiger partial charge in [0, 0.05) is 0 Å². The Hall–Kier alpha value is -2.98. The summed E-state index contributed by atoms with van der Waals surface area (Å²) in [5.41, 5.74) is 3.17. The quantitative estimate of drug-likeness (QED) is 0.794. The summed E-state index contributed by atoms with van der Waals surface area (Å²) in [6.07, 6.45) is 4.07. The summed E-state index contributed by atoms with van der Waals surface area (Å²) in [4.78, 5) is 0. The van der Waals surface area contributed by atoms with Crippen LogP contribution in [0.25, 0.3) is 0 Å². The molecule has 0 aliphatic carbocycles. The van der Waals surface area contributed by atoms with Crippen LogP contribution in [0, 0.1) is 30.0 Å². The van der Waals surface area contributed by atoms with E-state index in [0.29, 0.717) is 11.5 Å². The molecular weight excluding hydrogens is 252 g/mol. The van der Waals surface area contributed by atoms with E-state index in [-0.39, 0.29) is 0 Å². The first-order valence-corrected chi connectivity index (χ1v) is 6.03. The molecule has 2 aromatic rings. The number of nitrogens with zero attached hydrogens (tertiary/aromatic N) is 2. The van der Waals surface area contributed by atoms with Crippen LogP contribution in [-0.2, 0) is 6.42 Å². The van der Waals surface area contributed by atoms with Crippen LogP contribution < -0.4 is 9.47 Å². The molecule has 0 amide bonds. The van der Waals surface area contributed by atoms with Crippen LogP contribution >= 0.6 is 0 Å². The fourth-order valence-corrected chi connectivity index (χ4v) is 1.95. The van der Waals surface area contributed by atoms with Crippen molar-refractivity contribution in [3.63, 3.8) is 0 Å². The van der Waals surface area contributed by atoms with Gasteiger partial charge in [0.2, 0.25) is 0 Å². The Morgan fingerprint density at radius 1 is 0.900 bits per heavy atom. The van der Waals surface area contributed by atoms with E-state index in [9.17, 15) is 0 Å². The van der Waals surface area contributed by atoms with Crippen molar-refractivity contribution in [1.82, 2.24) is 0 Å². The Labute approximate surface area is 117 Å². The van der Waals surface area contributed by atoms with Crippen molar-refractivity contribution in [2.45, 2.75) is 13.3 Å². The van der Waals surface area contributed by atoms with Crippen LogP contribution in [0.4, 0.5) is 0 Å². The highest BCUT2D eigenvalue weighted by Gasteiger charge is 2.03. The first-order chi connectivity index (χ1) is 9.72. The number of nitriles is 2. The Bertz CT molecular complexity index is 679. The summed E-state index contributed by atoms with van der Waals surface area (Å²) >= 11 is 0. The highest BCUT2D eigenvalue weighted by molar-refractivity contribution is 5.39. The van der Waals surface area contributed by atoms with E-state index in [4.69, 9.17) is 20.0 Å². The first kappa shape index (κ1) is 13.5. The zero-order chi connectivity index (χ0) is 14.4. The molecule has 0 atom stereocenters. The summed E-state index contributed by atoms with van der Waals surface area (Å²) in [6.45, 7) is 1.90.